The molecule has 4 nitrogen and oxygen atoms in total. The molecule has 0 bridgehead atoms. The summed E-state index contributed by atoms with van der Waals surface area (Å²) >= 11 is 0. The molecule has 100 valence electrons. The van der Waals surface area contributed by atoms with E-state index in [1.54, 1.807) is 0 Å². The van der Waals surface area contributed by atoms with Crippen molar-refractivity contribution in [2.24, 2.45) is 0 Å². The SMILES string of the molecule is CCOc1cc(N)cc(NCCN2CCCC2)c1. The predicted octanol–water partition coefficient (Wildman–Crippen LogP) is 2.18. The van der Waals surface area contributed by atoms with E-state index in [0.717, 1.165) is 30.2 Å². The lowest BCUT2D eigenvalue weighted by Crippen LogP contribution is -2.25. The molecule has 1 aromatic rings. The lowest BCUT2D eigenvalue weighted by molar-refractivity contribution is 0.340. The van der Waals surface area contributed by atoms with Gasteiger partial charge in [0.2, 0.25) is 0 Å². The second kappa shape index (κ2) is 6.50. The Morgan fingerprint density at radius 3 is 2.78 bits per heavy atom. The van der Waals surface area contributed by atoms with E-state index < -0.39 is 0 Å². The molecule has 0 spiro atoms. The number of rotatable bonds is 6. The van der Waals surface area contributed by atoms with Crippen molar-refractivity contribution in [3.8, 4) is 5.75 Å². The zero-order valence-electron chi connectivity index (χ0n) is 11.1. The van der Waals surface area contributed by atoms with Crippen molar-refractivity contribution in [3.05, 3.63) is 18.2 Å². The van der Waals surface area contributed by atoms with E-state index in [9.17, 15) is 0 Å². The highest BCUT2D eigenvalue weighted by Crippen LogP contribution is 2.22. The zero-order valence-corrected chi connectivity index (χ0v) is 11.1. The second-order valence-corrected chi connectivity index (χ2v) is 4.70. The van der Waals surface area contributed by atoms with E-state index in [-0.39, 0.29) is 0 Å². The van der Waals surface area contributed by atoms with Crippen molar-refractivity contribution in [2.75, 3.05) is 43.8 Å². The minimum Gasteiger partial charge on any atom is -0.494 e. The van der Waals surface area contributed by atoms with Gasteiger partial charge in [-0.1, -0.05) is 0 Å². The standard InChI is InChI=1S/C14H23N3O/c1-2-18-14-10-12(15)9-13(11-14)16-5-8-17-6-3-4-7-17/h9-11,16H,2-8,15H2,1H3. The van der Waals surface area contributed by atoms with Crippen molar-refractivity contribution in [1.29, 1.82) is 0 Å². The second-order valence-electron chi connectivity index (χ2n) is 4.70. The van der Waals surface area contributed by atoms with Crippen molar-refractivity contribution in [2.45, 2.75) is 19.8 Å². The largest absolute Gasteiger partial charge is 0.494 e. The first-order valence-electron chi connectivity index (χ1n) is 6.77. The Kier molecular flexibility index (Phi) is 4.70. The molecule has 0 aliphatic carbocycles. The van der Waals surface area contributed by atoms with Crippen molar-refractivity contribution in [1.82, 2.24) is 4.90 Å². The number of nitrogens with one attached hydrogen (secondary N) is 1. The zero-order chi connectivity index (χ0) is 12.8. The fourth-order valence-corrected chi connectivity index (χ4v) is 2.34. The third-order valence-electron chi connectivity index (χ3n) is 3.20. The number of nitrogens with two attached hydrogens (primary N) is 1. The van der Waals surface area contributed by atoms with Crippen LogP contribution in [-0.4, -0.2) is 37.7 Å². The van der Waals surface area contributed by atoms with Gasteiger partial charge in [0, 0.05) is 36.6 Å². The van der Waals surface area contributed by atoms with Crippen LogP contribution in [0.15, 0.2) is 18.2 Å². The summed E-state index contributed by atoms with van der Waals surface area (Å²) in [7, 11) is 0. The first-order chi connectivity index (χ1) is 8.78. The van der Waals surface area contributed by atoms with Crippen molar-refractivity contribution in [3.63, 3.8) is 0 Å². The van der Waals surface area contributed by atoms with Gasteiger partial charge in [0.25, 0.3) is 0 Å². The van der Waals surface area contributed by atoms with E-state index in [1.165, 1.54) is 25.9 Å². The molecular weight excluding hydrogens is 226 g/mol. The van der Waals surface area contributed by atoms with Crippen LogP contribution in [0.5, 0.6) is 5.75 Å². The molecule has 0 amide bonds. The fraction of sp³-hybridized carbons (Fsp3) is 0.571. The molecular formula is C14H23N3O. The van der Waals surface area contributed by atoms with Gasteiger partial charge in [0.1, 0.15) is 5.75 Å². The molecule has 1 aliphatic heterocycles. The molecule has 1 heterocycles. The Hall–Kier alpha value is -1.42. The molecule has 0 atom stereocenters. The summed E-state index contributed by atoms with van der Waals surface area (Å²) in [5.41, 5.74) is 7.63. The van der Waals surface area contributed by atoms with E-state index in [2.05, 4.69) is 10.2 Å². The number of likely N-dealkylation sites (tertiary alicyclic amines) is 1. The quantitative estimate of drug-likeness (QED) is 0.759. The Morgan fingerprint density at radius 2 is 2.06 bits per heavy atom. The molecule has 1 aromatic carbocycles. The molecule has 0 radical (unpaired) electrons. The van der Waals surface area contributed by atoms with Gasteiger partial charge in [-0.2, -0.15) is 0 Å². The average Bonchev–Trinajstić information content (AvgIpc) is 2.82. The number of nitrogen functional groups attached to an aromatic ring is 1. The van der Waals surface area contributed by atoms with Gasteiger partial charge < -0.3 is 20.7 Å². The summed E-state index contributed by atoms with van der Waals surface area (Å²) in [5, 5.41) is 3.41. The monoisotopic (exact) mass is 249 g/mol. The van der Waals surface area contributed by atoms with E-state index in [4.69, 9.17) is 10.5 Å². The highest BCUT2D eigenvalue weighted by atomic mass is 16.5. The first-order valence-corrected chi connectivity index (χ1v) is 6.77. The van der Waals surface area contributed by atoms with Crippen LogP contribution in [-0.2, 0) is 0 Å². The van der Waals surface area contributed by atoms with Crippen molar-refractivity contribution >= 4 is 11.4 Å². The highest BCUT2D eigenvalue weighted by molar-refractivity contribution is 5.59. The maximum atomic E-state index is 5.85. The van der Waals surface area contributed by atoms with Gasteiger partial charge in [-0.3, -0.25) is 0 Å². The average molecular weight is 249 g/mol. The lowest BCUT2D eigenvalue weighted by atomic mass is 10.2. The molecule has 18 heavy (non-hydrogen) atoms. The van der Waals surface area contributed by atoms with Gasteiger partial charge in [0.05, 0.1) is 6.61 Å². The summed E-state index contributed by atoms with van der Waals surface area (Å²) < 4.78 is 5.48. The summed E-state index contributed by atoms with van der Waals surface area (Å²) in [6.45, 7) is 7.17. The normalized spacial score (nSPS) is 15.8. The molecule has 3 N–H and O–H groups in total. The van der Waals surface area contributed by atoms with Crippen LogP contribution in [0.2, 0.25) is 0 Å². The first kappa shape index (κ1) is 13.0. The van der Waals surface area contributed by atoms with Crippen LogP contribution in [0, 0.1) is 0 Å². The van der Waals surface area contributed by atoms with Crippen LogP contribution in [0.1, 0.15) is 19.8 Å². The maximum Gasteiger partial charge on any atom is 0.123 e. The Balaban J connectivity index is 1.83. The van der Waals surface area contributed by atoms with E-state index in [1.807, 2.05) is 25.1 Å². The molecule has 1 saturated heterocycles. The summed E-state index contributed by atoms with van der Waals surface area (Å²) in [6.07, 6.45) is 2.68. The molecule has 1 fully saturated rings. The molecule has 2 rings (SSSR count). The third-order valence-corrected chi connectivity index (χ3v) is 3.20. The minimum absolute atomic E-state index is 0.663. The van der Waals surface area contributed by atoms with Gasteiger partial charge in [0.15, 0.2) is 0 Å². The van der Waals surface area contributed by atoms with Crippen LogP contribution in [0.3, 0.4) is 0 Å². The van der Waals surface area contributed by atoms with E-state index in [0.29, 0.717) is 6.61 Å². The number of anilines is 2. The fourth-order valence-electron chi connectivity index (χ4n) is 2.34. The van der Waals surface area contributed by atoms with Crippen LogP contribution in [0.25, 0.3) is 0 Å². The molecule has 1 aliphatic rings. The number of nitrogens with zero attached hydrogens (tertiary/aromatic N) is 1. The highest BCUT2D eigenvalue weighted by Gasteiger charge is 2.10. The Bertz CT molecular complexity index is 375. The molecule has 0 saturated carbocycles. The Morgan fingerprint density at radius 1 is 1.28 bits per heavy atom. The summed E-state index contributed by atoms with van der Waals surface area (Å²) in [6, 6.07) is 5.81. The third kappa shape index (κ3) is 3.81. The van der Waals surface area contributed by atoms with Gasteiger partial charge in [-0.05, 0) is 38.9 Å². The van der Waals surface area contributed by atoms with Gasteiger partial charge in [-0.15, -0.1) is 0 Å². The summed E-state index contributed by atoms with van der Waals surface area (Å²) in [5.74, 6) is 0.834. The van der Waals surface area contributed by atoms with Crippen molar-refractivity contribution < 1.29 is 4.74 Å². The summed E-state index contributed by atoms with van der Waals surface area (Å²) in [4.78, 5) is 2.49. The topological polar surface area (TPSA) is 50.5 Å². The number of ether oxygens (including phenoxy) is 1. The van der Waals surface area contributed by atoms with Crippen LogP contribution < -0.4 is 15.8 Å². The smallest absolute Gasteiger partial charge is 0.123 e. The minimum atomic E-state index is 0.663. The molecule has 4 heteroatoms. The Labute approximate surface area is 109 Å². The van der Waals surface area contributed by atoms with Crippen LogP contribution in [0.4, 0.5) is 11.4 Å². The van der Waals surface area contributed by atoms with Crippen LogP contribution >= 0.6 is 0 Å². The predicted molar refractivity (Wildman–Crippen MR) is 76.2 cm³/mol. The molecule has 0 aromatic heterocycles. The number of hydrogen-bond acceptors (Lipinski definition) is 4. The van der Waals surface area contributed by atoms with E-state index >= 15 is 0 Å². The number of benzene rings is 1. The van der Waals surface area contributed by atoms with Gasteiger partial charge >= 0.3 is 0 Å². The van der Waals surface area contributed by atoms with Gasteiger partial charge in [-0.25, -0.2) is 0 Å². The lowest BCUT2D eigenvalue weighted by Gasteiger charge is -2.16. The maximum absolute atomic E-state index is 5.85. The molecule has 0 unspecified atom stereocenters. The number of hydrogen-bond donors (Lipinski definition) is 2.